The molecule has 1 atom stereocenters. The SMILES string of the molecule is COc1ccc(C(Nc2cccc(Cl)c2)C(N)=O)cc1F. The van der Waals surface area contributed by atoms with Crippen LogP contribution in [0.1, 0.15) is 11.6 Å². The Hall–Kier alpha value is -2.27. The molecule has 1 unspecified atom stereocenters. The highest BCUT2D eigenvalue weighted by Crippen LogP contribution is 2.25. The van der Waals surface area contributed by atoms with Crippen molar-refractivity contribution in [2.24, 2.45) is 5.73 Å². The fourth-order valence-corrected chi connectivity index (χ4v) is 2.12. The Balaban J connectivity index is 2.31. The molecule has 0 aliphatic heterocycles. The molecule has 2 aromatic carbocycles. The van der Waals surface area contributed by atoms with Crippen LogP contribution in [-0.2, 0) is 4.79 Å². The van der Waals surface area contributed by atoms with E-state index in [1.54, 1.807) is 30.3 Å². The molecule has 21 heavy (non-hydrogen) atoms. The van der Waals surface area contributed by atoms with Crippen molar-refractivity contribution in [2.75, 3.05) is 12.4 Å². The van der Waals surface area contributed by atoms with Gasteiger partial charge in [-0.2, -0.15) is 0 Å². The predicted octanol–water partition coefficient (Wildman–Crippen LogP) is 3.13. The van der Waals surface area contributed by atoms with Gasteiger partial charge in [0, 0.05) is 10.7 Å². The zero-order valence-electron chi connectivity index (χ0n) is 11.3. The van der Waals surface area contributed by atoms with Crippen LogP contribution in [0.25, 0.3) is 0 Å². The third kappa shape index (κ3) is 3.64. The maximum absolute atomic E-state index is 13.8. The minimum atomic E-state index is -0.871. The average molecular weight is 309 g/mol. The summed E-state index contributed by atoms with van der Waals surface area (Å²) < 4.78 is 18.6. The van der Waals surface area contributed by atoms with Crippen LogP contribution in [0.15, 0.2) is 42.5 Å². The van der Waals surface area contributed by atoms with Crippen molar-refractivity contribution in [2.45, 2.75) is 6.04 Å². The Morgan fingerprint density at radius 1 is 1.33 bits per heavy atom. The van der Waals surface area contributed by atoms with E-state index in [4.69, 9.17) is 22.1 Å². The van der Waals surface area contributed by atoms with Crippen LogP contribution in [-0.4, -0.2) is 13.0 Å². The molecule has 3 N–H and O–H groups in total. The highest BCUT2D eigenvalue weighted by Gasteiger charge is 2.19. The molecule has 0 heterocycles. The van der Waals surface area contributed by atoms with E-state index in [9.17, 15) is 9.18 Å². The zero-order valence-corrected chi connectivity index (χ0v) is 12.0. The second-order valence-electron chi connectivity index (χ2n) is 4.38. The number of benzene rings is 2. The molecule has 110 valence electrons. The molecule has 0 fully saturated rings. The first-order valence-corrected chi connectivity index (χ1v) is 6.54. The van der Waals surface area contributed by atoms with Crippen LogP contribution in [0.2, 0.25) is 5.02 Å². The summed E-state index contributed by atoms with van der Waals surface area (Å²) in [4.78, 5) is 11.6. The normalized spacial score (nSPS) is 11.8. The Morgan fingerprint density at radius 2 is 2.10 bits per heavy atom. The predicted molar refractivity (Wildman–Crippen MR) is 80.0 cm³/mol. The first-order chi connectivity index (χ1) is 10.0. The molecule has 0 radical (unpaired) electrons. The van der Waals surface area contributed by atoms with Gasteiger partial charge in [0.05, 0.1) is 7.11 Å². The molecule has 6 heteroatoms. The number of methoxy groups -OCH3 is 1. The summed E-state index contributed by atoms with van der Waals surface area (Å²) in [6.07, 6.45) is 0. The smallest absolute Gasteiger partial charge is 0.244 e. The maximum Gasteiger partial charge on any atom is 0.244 e. The van der Waals surface area contributed by atoms with E-state index in [0.717, 1.165) is 0 Å². The van der Waals surface area contributed by atoms with Crippen molar-refractivity contribution in [3.63, 3.8) is 0 Å². The van der Waals surface area contributed by atoms with E-state index in [-0.39, 0.29) is 5.75 Å². The van der Waals surface area contributed by atoms with E-state index in [1.807, 2.05) is 0 Å². The summed E-state index contributed by atoms with van der Waals surface area (Å²) in [6.45, 7) is 0. The molecular formula is C15H14ClFN2O2. The maximum atomic E-state index is 13.8. The minimum absolute atomic E-state index is 0.102. The fraction of sp³-hybridized carbons (Fsp3) is 0.133. The second kappa shape index (κ2) is 6.45. The molecule has 0 saturated carbocycles. The summed E-state index contributed by atoms with van der Waals surface area (Å²) in [7, 11) is 1.37. The lowest BCUT2D eigenvalue weighted by atomic mass is 10.1. The van der Waals surface area contributed by atoms with Crippen LogP contribution >= 0.6 is 11.6 Å². The van der Waals surface area contributed by atoms with Gasteiger partial charge in [0.25, 0.3) is 0 Å². The molecule has 0 bridgehead atoms. The number of hydrogen-bond acceptors (Lipinski definition) is 3. The number of primary amides is 1. The molecule has 0 aromatic heterocycles. The first-order valence-electron chi connectivity index (χ1n) is 6.16. The zero-order chi connectivity index (χ0) is 15.4. The van der Waals surface area contributed by atoms with Gasteiger partial charge in [-0.25, -0.2) is 4.39 Å². The van der Waals surface area contributed by atoms with E-state index >= 15 is 0 Å². The number of rotatable bonds is 5. The largest absolute Gasteiger partial charge is 0.494 e. The highest BCUT2D eigenvalue weighted by molar-refractivity contribution is 6.30. The van der Waals surface area contributed by atoms with Gasteiger partial charge < -0.3 is 15.8 Å². The summed E-state index contributed by atoms with van der Waals surface area (Å²) in [5, 5.41) is 3.45. The van der Waals surface area contributed by atoms with Gasteiger partial charge in [-0.15, -0.1) is 0 Å². The Labute approximate surface area is 126 Å². The molecule has 2 rings (SSSR count). The second-order valence-corrected chi connectivity index (χ2v) is 4.82. The minimum Gasteiger partial charge on any atom is -0.494 e. The molecule has 4 nitrogen and oxygen atoms in total. The summed E-state index contributed by atoms with van der Waals surface area (Å²) in [5.41, 5.74) is 6.40. The number of carbonyl (C=O) groups excluding carboxylic acids is 1. The number of carbonyl (C=O) groups is 1. The summed E-state index contributed by atoms with van der Waals surface area (Å²) in [6, 6.07) is 10.2. The number of ether oxygens (including phenoxy) is 1. The van der Waals surface area contributed by atoms with Gasteiger partial charge in [0.15, 0.2) is 11.6 Å². The lowest BCUT2D eigenvalue weighted by Gasteiger charge is -2.18. The van der Waals surface area contributed by atoms with Crippen molar-refractivity contribution >= 4 is 23.2 Å². The third-order valence-corrected chi connectivity index (χ3v) is 3.16. The van der Waals surface area contributed by atoms with Crippen molar-refractivity contribution in [3.8, 4) is 5.75 Å². The topological polar surface area (TPSA) is 64.3 Å². The number of nitrogens with two attached hydrogens (primary N) is 1. The molecule has 0 aliphatic carbocycles. The number of hydrogen-bond donors (Lipinski definition) is 2. The molecule has 0 spiro atoms. The fourth-order valence-electron chi connectivity index (χ4n) is 1.93. The van der Waals surface area contributed by atoms with Crippen molar-refractivity contribution in [1.82, 2.24) is 0 Å². The van der Waals surface area contributed by atoms with Crippen LogP contribution in [0.5, 0.6) is 5.75 Å². The van der Waals surface area contributed by atoms with Gasteiger partial charge in [0.1, 0.15) is 6.04 Å². The Morgan fingerprint density at radius 3 is 2.67 bits per heavy atom. The van der Waals surface area contributed by atoms with Gasteiger partial charge in [0.2, 0.25) is 5.91 Å². The lowest BCUT2D eigenvalue weighted by Crippen LogP contribution is -2.27. The van der Waals surface area contributed by atoms with E-state index in [2.05, 4.69) is 5.32 Å². The third-order valence-electron chi connectivity index (χ3n) is 2.93. The van der Waals surface area contributed by atoms with E-state index in [1.165, 1.54) is 19.2 Å². The highest BCUT2D eigenvalue weighted by atomic mass is 35.5. The van der Waals surface area contributed by atoms with Crippen LogP contribution < -0.4 is 15.8 Å². The Kier molecular flexibility index (Phi) is 4.65. The summed E-state index contributed by atoms with van der Waals surface area (Å²) in [5.74, 6) is -1.08. The van der Waals surface area contributed by atoms with Gasteiger partial charge in [-0.05, 0) is 35.9 Å². The first kappa shape index (κ1) is 15.1. The van der Waals surface area contributed by atoms with Gasteiger partial charge >= 0.3 is 0 Å². The number of anilines is 1. The van der Waals surface area contributed by atoms with Gasteiger partial charge in [-0.3, -0.25) is 4.79 Å². The van der Waals surface area contributed by atoms with Crippen LogP contribution in [0, 0.1) is 5.82 Å². The molecule has 2 aromatic rings. The molecule has 0 saturated heterocycles. The van der Waals surface area contributed by atoms with Crippen LogP contribution in [0.4, 0.5) is 10.1 Å². The standard InChI is InChI=1S/C15H14ClFN2O2/c1-21-13-6-5-9(7-12(13)17)14(15(18)20)19-11-4-2-3-10(16)8-11/h2-8,14,19H,1H3,(H2,18,20). The monoisotopic (exact) mass is 308 g/mol. The number of amides is 1. The number of nitrogens with one attached hydrogen (secondary N) is 1. The number of halogens is 2. The summed E-state index contributed by atoms with van der Waals surface area (Å²) >= 11 is 5.89. The van der Waals surface area contributed by atoms with E-state index in [0.29, 0.717) is 16.3 Å². The molecule has 0 aliphatic rings. The van der Waals surface area contributed by atoms with Crippen molar-refractivity contribution in [3.05, 3.63) is 58.9 Å². The quantitative estimate of drug-likeness (QED) is 0.892. The van der Waals surface area contributed by atoms with E-state index < -0.39 is 17.8 Å². The van der Waals surface area contributed by atoms with Crippen molar-refractivity contribution in [1.29, 1.82) is 0 Å². The molecule has 1 amide bonds. The average Bonchev–Trinajstić information content (AvgIpc) is 2.44. The van der Waals surface area contributed by atoms with Gasteiger partial charge in [-0.1, -0.05) is 23.7 Å². The van der Waals surface area contributed by atoms with Crippen LogP contribution in [0.3, 0.4) is 0 Å². The Bertz CT molecular complexity index is 664. The molecular weight excluding hydrogens is 295 g/mol. The van der Waals surface area contributed by atoms with Crippen molar-refractivity contribution < 1.29 is 13.9 Å². The lowest BCUT2D eigenvalue weighted by molar-refractivity contribution is -0.118.